The molecule has 0 bridgehead atoms. The van der Waals surface area contributed by atoms with Gasteiger partial charge < -0.3 is 0 Å². The lowest BCUT2D eigenvalue weighted by atomic mass is 9.88. The Kier molecular flexibility index (Phi) is 3.49. The first-order chi connectivity index (χ1) is 10.8. The third-order valence-corrected chi connectivity index (χ3v) is 5.18. The van der Waals surface area contributed by atoms with Gasteiger partial charge in [0, 0.05) is 18.3 Å². The molecular formula is C19H20N2O. The monoisotopic (exact) mass is 292 g/mol. The lowest BCUT2D eigenvalue weighted by Crippen LogP contribution is -2.16. The Labute approximate surface area is 130 Å². The molecule has 3 nitrogen and oxygen atoms in total. The average Bonchev–Trinajstić information content (AvgIpc) is 3.18. The second-order valence-corrected chi connectivity index (χ2v) is 6.53. The first-order valence-electron chi connectivity index (χ1n) is 8.27. The van der Waals surface area contributed by atoms with Crippen molar-refractivity contribution in [3.63, 3.8) is 0 Å². The lowest BCUT2D eigenvalue weighted by Gasteiger charge is -2.15. The van der Waals surface area contributed by atoms with Gasteiger partial charge in [-0.2, -0.15) is 0 Å². The Morgan fingerprint density at radius 3 is 2.59 bits per heavy atom. The highest BCUT2D eigenvalue weighted by molar-refractivity contribution is 6.03. The van der Waals surface area contributed by atoms with E-state index in [0.29, 0.717) is 11.7 Å². The Morgan fingerprint density at radius 1 is 1.00 bits per heavy atom. The summed E-state index contributed by atoms with van der Waals surface area (Å²) >= 11 is 0. The number of carbonyl (C=O) groups excluding carboxylic acids is 1. The number of benzene rings is 1. The van der Waals surface area contributed by atoms with Crippen molar-refractivity contribution in [1.29, 1.82) is 0 Å². The maximum atomic E-state index is 12.7. The standard InChI is InChI=1S/C19H20N2O/c22-19-15(6-7-16(19)14-3-1-2-4-14)11-13-5-8-17-18(12-13)21-10-9-20-17/h5,8-12,14,16H,1-4,6-7H2/b15-11+/t16-/m0/s1. The van der Waals surface area contributed by atoms with Crippen molar-refractivity contribution in [1.82, 2.24) is 9.97 Å². The van der Waals surface area contributed by atoms with E-state index in [1.807, 2.05) is 18.2 Å². The summed E-state index contributed by atoms with van der Waals surface area (Å²) in [7, 11) is 0. The number of rotatable bonds is 2. The fraction of sp³-hybridized carbons (Fsp3) is 0.421. The fourth-order valence-corrected chi connectivity index (χ4v) is 4.03. The van der Waals surface area contributed by atoms with Crippen LogP contribution < -0.4 is 0 Å². The highest BCUT2D eigenvalue weighted by atomic mass is 16.1. The molecule has 0 N–H and O–H groups in total. The van der Waals surface area contributed by atoms with Gasteiger partial charge in [-0.05, 0) is 60.9 Å². The highest BCUT2D eigenvalue weighted by Crippen LogP contribution is 2.40. The summed E-state index contributed by atoms with van der Waals surface area (Å²) in [4.78, 5) is 21.3. The SMILES string of the molecule is O=C1/C(=C/c2ccc3nccnc3c2)CC[C@H]1C1CCCC1. The van der Waals surface area contributed by atoms with Gasteiger partial charge in [0.15, 0.2) is 5.78 Å². The van der Waals surface area contributed by atoms with Crippen LogP contribution in [0.5, 0.6) is 0 Å². The Hall–Kier alpha value is -2.03. The van der Waals surface area contributed by atoms with Crippen LogP contribution in [0.3, 0.4) is 0 Å². The van der Waals surface area contributed by atoms with Gasteiger partial charge in [0.2, 0.25) is 0 Å². The minimum absolute atomic E-state index is 0.286. The van der Waals surface area contributed by atoms with Crippen molar-refractivity contribution in [3.05, 3.63) is 41.7 Å². The Morgan fingerprint density at radius 2 is 1.77 bits per heavy atom. The number of hydrogen-bond acceptors (Lipinski definition) is 3. The molecule has 2 aromatic rings. The molecule has 1 heterocycles. The van der Waals surface area contributed by atoms with Crippen molar-refractivity contribution in [2.24, 2.45) is 11.8 Å². The van der Waals surface area contributed by atoms with Gasteiger partial charge in [-0.1, -0.05) is 18.9 Å². The normalized spacial score (nSPS) is 24.6. The number of carbonyl (C=O) groups is 1. The van der Waals surface area contributed by atoms with Gasteiger partial charge in [0.1, 0.15) is 0 Å². The van der Waals surface area contributed by atoms with Crippen molar-refractivity contribution in [2.75, 3.05) is 0 Å². The highest BCUT2D eigenvalue weighted by Gasteiger charge is 2.36. The third kappa shape index (κ3) is 2.45. The minimum Gasteiger partial charge on any atom is -0.294 e. The second kappa shape index (κ2) is 5.64. The second-order valence-electron chi connectivity index (χ2n) is 6.53. The number of allylic oxidation sites excluding steroid dienone is 1. The van der Waals surface area contributed by atoms with Gasteiger partial charge in [-0.3, -0.25) is 14.8 Å². The quantitative estimate of drug-likeness (QED) is 0.780. The molecule has 1 atom stereocenters. The number of aromatic nitrogens is 2. The predicted octanol–water partition coefficient (Wildman–Crippen LogP) is 4.18. The summed E-state index contributed by atoms with van der Waals surface area (Å²) in [6.45, 7) is 0. The van der Waals surface area contributed by atoms with E-state index in [1.165, 1.54) is 25.7 Å². The molecule has 4 rings (SSSR count). The molecular weight excluding hydrogens is 272 g/mol. The zero-order valence-corrected chi connectivity index (χ0v) is 12.7. The minimum atomic E-state index is 0.286. The third-order valence-electron chi connectivity index (χ3n) is 5.18. The van der Waals surface area contributed by atoms with Gasteiger partial charge >= 0.3 is 0 Å². The summed E-state index contributed by atoms with van der Waals surface area (Å²) < 4.78 is 0. The van der Waals surface area contributed by atoms with Crippen LogP contribution in [0.2, 0.25) is 0 Å². The average molecular weight is 292 g/mol. The maximum Gasteiger partial charge on any atom is 0.162 e. The van der Waals surface area contributed by atoms with Crippen LogP contribution >= 0.6 is 0 Å². The zero-order valence-electron chi connectivity index (χ0n) is 12.7. The topological polar surface area (TPSA) is 42.9 Å². The molecule has 2 aliphatic carbocycles. The molecule has 0 unspecified atom stereocenters. The molecule has 0 aliphatic heterocycles. The van der Waals surface area contributed by atoms with E-state index < -0.39 is 0 Å². The van der Waals surface area contributed by atoms with Crippen LogP contribution in [-0.2, 0) is 4.79 Å². The van der Waals surface area contributed by atoms with Crippen LogP contribution in [0.25, 0.3) is 17.1 Å². The lowest BCUT2D eigenvalue weighted by molar-refractivity contribution is -0.119. The van der Waals surface area contributed by atoms with E-state index in [4.69, 9.17) is 0 Å². The molecule has 0 spiro atoms. The van der Waals surface area contributed by atoms with Crippen molar-refractivity contribution in [3.8, 4) is 0 Å². The van der Waals surface area contributed by atoms with Crippen LogP contribution in [-0.4, -0.2) is 15.8 Å². The van der Waals surface area contributed by atoms with Crippen LogP contribution in [0.1, 0.15) is 44.1 Å². The molecule has 1 aromatic carbocycles. The number of ketones is 1. The summed E-state index contributed by atoms with van der Waals surface area (Å²) in [5, 5.41) is 0. The molecule has 0 saturated heterocycles. The van der Waals surface area contributed by atoms with E-state index in [9.17, 15) is 4.79 Å². The molecule has 0 amide bonds. The molecule has 0 radical (unpaired) electrons. The van der Waals surface area contributed by atoms with E-state index in [1.54, 1.807) is 12.4 Å². The van der Waals surface area contributed by atoms with Crippen molar-refractivity contribution < 1.29 is 4.79 Å². The molecule has 112 valence electrons. The zero-order chi connectivity index (χ0) is 14.9. The number of nitrogens with zero attached hydrogens (tertiary/aromatic N) is 2. The maximum absolute atomic E-state index is 12.7. The van der Waals surface area contributed by atoms with Crippen LogP contribution in [0, 0.1) is 11.8 Å². The smallest absolute Gasteiger partial charge is 0.162 e. The molecule has 22 heavy (non-hydrogen) atoms. The molecule has 2 saturated carbocycles. The van der Waals surface area contributed by atoms with Gasteiger partial charge in [0.05, 0.1) is 11.0 Å². The summed E-state index contributed by atoms with van der Waals surface area (Å²) in [6.07, 6.45) is 12.5. The van der Waals surface area contributed by atoms with Gasteiger partial charge in [-0.15, -0.1) is 0 Å². The molecule has 2 fully saturated rings. The van der Waals surface area contributed by atoms with E-state index in [0.717, 1.165) is 35.0 Å². The summed E-state index contributed by atoms with van der Waals surface area (Å²) in [6, 6.07) is 6.02. The van der Waals surface area contributed by atoms with E-state index in [-0.39, 0.29) is 5.92 Å². The number of hydrogen-bond donors (Lipinski definition) is 0. The summed E-state index contributed by atoms with van der Waals surface area (Å²) in [5.41, 5.74) is 3.84. The van der Waals surface area contributed by atoms with Gasteiger partial charge in [-0.25, -0.2) is 0 Å². The van der Waals surface area contributed by atoms with Crippen molar-refractivity contribution in [2.45, 2.75) is 38.5 Å². The molecule has 2 aliphatic rings. The number of fused-ring (bicyclic) bond motifs is 1. The van der Waals surface area contributed by atoms with E-state index in [2.05, 4.69) is 16.0 Å². The van der Waals surface area contributed by atoms with Gasteiger partial charge in [0.25, 0.3) is 0 Å². The molecule has 1 aromatic heterocycles. The first kappa shape index (κ1) is 13.6. The van der Waals surface area contributed by atoms with E-state index >= 15 is 0 Å². The Balaban J connectivity index is 1.60. The number of Topliss-reactive ketones (excluding diaryl/α,β-unsaturated/α-hetero) is 1. The predicted molar refractivity (Wildman–Crippen MR) is 87.2 cm³/mol. The largest absolute Gasteiger partial charge is 0.294 e. The first-order valence-corrected chi connectivity index (χ1v) is 8.27. The summed E-state index contributed by atoms with van der Waals surface area (Å²) in [5.74, 6) is 1.32. The fourth-order valence-electron chi connectivity index (χ4n) is 4.03. The van der Waals surface area contributed by atoms with Crippen LogP contribution in [0.4, 0.5) is 0 Å². The molecule has 3 heteroatoms. The van der Waals surface area contributed by atoms with Crippen molar-refractivity contribution >= 4 is 22.9 Å². The Bertz CT molecular complexity index is 744. The van der Waals surface area contributed by atoms with Crippen LogP contribution in [0.15, 0.2) is 36.2 Å².